The zero-order valence-corrected chi connectivity index (χ0v) is 13.1. The Morgan fingerprint density at radius 2 is 1.73 bits per heavy atom. The van der Waals surface area contributed by atoms with Gasteiger partial charge in [-0.2, -0.15) is 22.0 Å². The molecule has 0 bridgehead atoms. The van der Waals surface area contributed by atoms with Gasteiger partial charge in [0, 0.05) is 5.69 Å². The molecule has 138 valence electrons. The average Bonchev–Trinajstić information content (AvgIpc) is 2.56. The number of ether oxygens (including phenoxy) is 1. The number of benzene rings is 2. The van der Waals surface area contributed by atoms with Crippen LogP contribution in [0.1, 0.15) is 22.1 Å². The van der Waals surface area contributed by atoms with Gasteiger partial charge >= 0.3 is 12.8 Å². The third-order valence-corrected chi connectivity index (χ3v) is 3.79. The molecule has 26 heavy (non-hydrogen) atoms. The first kappa shape index (κ1) is 18.0. The Kier molecular flexibility index (Phi) is 4.71. The minimum Gasteiger partial charge on any atom is -0.435 e. The first-order valence-electron chi connectivity index (χ1n) is 7.52. The largest absolute Gasteiger partial charge is 0.435 e. The van der Waals surface area contributed by atoms with E-state index < -0.39 is 31.4 Å². The summed E-state index contributed by atoms with van der Waals surface area (Å²) >= 11 is 0. The second-order valence-corrected chi connectivity index (χ2v) is 5.59. The summed E-state index contributed by atoms with van der Waals surface area (Å²) in [6.45, 7) is -4.46. The summed E-state index contributed by atoms with van der Waals surface area (Å²) < 4.78 is 67.6. The maximum atomic E-state index is 13.0. The van der Waals surface area contributed by atoms with Crippen LogP contribution in [0.4, 0.5) is 27.6 Å². The van der Waals surface area contributed by atoms with E-state index in [4.69, 9.17) is 0 Å². The summed E-state index contributed by atoms with van der Waals surface area (Å²) in [7, 11) is 0. The molecular formula is C17H13F5N2O2. The molecule has 1 heterocycles. The molecule has 0 saturated heterocycles. The normalized spacial score (nSPS) is 17.1. The highest BCUT2D eigenvalue weighted by Crippen LogP contribution is 2.35. The molecule has 0 saturated carbocycles. The first-order valence-corrected chi connectivity index (χ1v) is 7.52. The lowest BCUT2D eigenvalue weighted by molar-refractivity contribution is -0.144. The minimum atomic E-state index is -4.60. The van der Waals surface area contributed by atoms with E-state index in [0.29, 0.717) is 16.2 Å². The SMILES string of the molecule is O=C1c2ccccc2N[C@@H](c2ccc(OC(F)F)cc2)N1CC(F)(F)F. The number of halogens is 5. The zero-order valence-electron chi connectivity index (χ0n) is 13.1. The summed E-state index contributed by atoms with van der Waals surface area (Å²) in [5, 5.41) is 2.89. The van der Waals surface area contributed by atoms with Crippen molar-refractivity contribution in [2.75, 3.05) is 11.9 Å². The van der Waals surface area contributed by atoms with E-state index in [-0.39, 0.29) is 11.3 Å². The molecule has 3 rings (SSSR count). The molecule has 0 aliphatic carbocycles. The van der Waals surface area contributed by atoms with Crippen LogP contribution in [-0.4, -0.2) is 30.1 Å². The summed E-state index contributed by atoms with van der Waals surface area (Å²) in [5.74, 6) is -0.900. The fraction of sp³-hybridized carbons (Fsp3) is 0.235. The Hall–Kier alpha value is -2.84. The van der Waals surface area contributed by atoms with Crippen LogP contribution >= 0.6 is 0 Å². The van der Waals surface area contributed by atoms with Crippen LogP contribution in [0.25, 0.3) is 0 Å². The van der Waals surface area contributed by atoms with Crippen molar-refractivity contribution in [2.45, 2.75) is 19.0 Å². The van der Waals surface area contributed by atoms with E-state index in [9.17, 15) is 26.7 Å². The van der Waals surface area contributed by atoms with Gasteiger partial charge in [-0.3, -0.25) is 4.79 Å². The maximum absolute atomic E-state index is 13.0. The molecular weight excluding hydrogens is 359 g/mol. The van der Waals surface area contributed by atoms with Gasteiger partial charge in [-0.25, -0.2) is 0 Å². The Morgan fingerprint density at radius 3 is 2.35 bits per heavy atom. The average molecular weight is 372 g/mol. The molecule has 1 aliphatic heterocycles. The molecule has 0 spiro atoms. The number of carbonyl (C=O) groups is 1. The molecule has 1 aliphatic rings. The maximum Gasteiger partial charge on any atom is 0.406 e. The first-order chi connectivity index (χ1) is 12.2. The second-order valence-electron chi connectivity index (χ2n) is 5.59. The van der Waals surface area contributed by atoms with Crippen LogP contribution in [0, 0.1) is 0 Å². The zero-order chi connectivity index (χ0) is 18.9. The van der Waals surface area contributed by atoms with Crippen molar-refractivity contribution in [1.29, 1.82) is 0 Å². The number of hydrogen-bond donors (Lipinski definition) is 1. The summed E-state index contributed by atoms with van der Waals surface area (Å²) in [4.78, 5) is 13.2. The number of fused-ring (bicyclic) bond motifs is 1. The number of nitrogens with one attached hydrogen (secondary N) is 1. The Bertz CT molecular complexity index is 792. The highest BCUT2D eigenvalue weighted by Gasteiger charge is 2.40. The van der Waals surface area contributed by atoms with Crippen LogP contribution in [-0.2, 0) is 0 Å². The van der Waals surface area contributed by atoms with Crippen LogP contribution in [0.15, 0.2) is 48.5 Å². The number of anilines is 1. The second kappa shape index (κ2) is 6.81. The summed E-state index contributed by atoms with van der Waals surface area (Å²) in [6.07, 6.45) is -5.69. The number of para-hydroxylation sites is 1. The van der Waals surface area contributed by atoms with Gasteiger partial charge in [-0.15, -0.1) is 0 Å². The molecule has 1 amide bonds. The van der Waals surface area contributed by atoms with Crippen molar-refractivity contribution in [2.24, 2.45) is 0 Å². The van der Waals surface area contributed by atoms with Crippen LogP contribution in [0.5, 0.6) is 5.75 Å². The lowest BCUT2D eigenvalue weighted by Gasteiger charge is -2.38. The standard InChI is InChI=1S/C17H13F5N2O2/c18-16(19)26-11-7-5-10(6-8-11)14-23-13-4-2-1-3-12(13)15(25)24(14)9-17(20,21)22/h1-8,14,16,23H,9H2/t14-/m1/s1. The molecule has 2 aromatic carbocycles. The summed E-state index contributed by atoms with van der Waals surface area (Å²) in [5.41, 5.74) is 0.832. The highest BCUT2D eigenvalue weighted by atomic mass is 19.4. The number of alkyl halides is 5. The van der Waals surface area contributed by atoms with E-state index in [2.05, 4.69) is 10.1 Å². The lowest BCUT2D eigenvalue weighted by atomic mass is 10.0. The van der Waals surface area contributed by atoms with Crippen LogP contribution in [0.3, 0.4) is 0 Å². The van der Waals surface area contributed by atoms with E-state index in [1.165, 1.54) is 30.3 Å². The van der Waals surface area contributed by atoms with Crippen molar-refractivity contribution in [3.05, 3.63) is 59.7 Å². The molecule has 1 N–H and O–H groups in total. The van der Waals surface area contributed by atoms with Crippen molar-refractivity contribution in [3.8, 4) is 5.75 Å². The number of amides is 1. The number of nitrogens with zero attached hydrogens (tertiary/aromatic N) is 1. The van der Waals surface area contributed by atoms with E-state index >= 15 is 0 Å². The smallest absolute Gasteiger partial charge is 0.406 e. The minimum absolute atomic E-state index is 0.130. The third kappa shape index (κ3) is 3.87. The molecule has 4 nitrogen and oxygen atoms in total. The van der Waals surface area contributed by atoms with Crippen LogP contribution in [0.2, 0.25) is 0 Å². The molecule has 2 aromatic rings. The molecule has 0 unspecified atom stereocenters. The van der Waals surface area contributed by atoms with E-state index in [0.717, 1.165) is 0 Å². The Balaban J connectivity index is 1.95. The van der Waals surface area contributed by atoms with Crippen LogP contribution < -0.4 is 10.1 Å². The lowest BCUT2D eigenvalue weighted by Crippen LogP contribution is -2.47. The van der Waals surface area contributed by atoms with Gasteiger partial charge in [0.25, 0.3) is 5.91 Å². The van der Waals surface area contributed by atoms with Crippen molar-refractivity contribution < 1.29 is 31.5 Å². The number of hydrogen-bond acceptors (Lipinski definition) is 3. The van der Waals surface area contributed by atoms with Crippen molar-refractivity contribution in [1.82, 2.24) is 4.90 Å². The molecule has 0 aromatic heterocycles. The molecule has 0 radical (unpaired) electrons. The van der Waals surface area contributed by atoms with Gasteiger partial charge in [0.1, 0.15) is 18.5 Å². The molecule has 9 heteroatoms. The fourth-order valence-electron chi connectivity index (χ4n) is 2.74. The van der Waals surface area contributed by atoms with Gasteiger partial charge < -0.3 is 15.0 Å². The molecule has 1 atom stereocenters. The highest BCUT2D eigenvalue weighted by molar-refractivity contribution is 6.01. The quantitative estimate of drug-likeness (QED) is 0.808. The monoisotopic (exact) mass is 372 g/mol. The Morgan fingerprint density at radius 1 is 1.08 bits per heavy atom. The van der Waals surface area contributed by atoms with Gasteiger partial charge in [0.05, 0.1) is 5.56 Å². The van der Waals surface area contributed by atoms with Gasteiger partial charge in [-0.05, 0) is 29.8 Å². The predicted molar refractivity (Wildman–Crippen MR) is 83.0 cm³/mol. The number of rotatable bonds is 4. The van der Waals surface area contributed by atoms with Crippen molar-refractivity contribution in [3.63, 3.8) is 0 Å². The topological polar surface area (TPSA) is 41.6 Å². The summed E-state index contributed by atoms with van der Waals surface area (Å²) in [6, 6.07) is 11.3. The van der Waals surface area contributed by atoms with E-state index in [1.807, 2.05) is 0 Å². The van der Waals surface area contributed by atoms with Gasteiger partial charge in [0.15, 0.2) is 0 Å². The van der Waals surface area contributed by atoms with E-state index in [1.54, 1.807) is 18.2 Å². The van der Waals surface area contributed by atoms with Crippen molar-refractivity contribution >= 4 is 11.6 Å². The number of carbonyl (C=O) groups excluding carboxylic acids is 1. The Labute approximate surface area is 145 Å². The van der Waals surface area contributed by atoms with Gasteiger partial charge in [0.2, 0.25) is 0 Å². The third-order valence-electron chi connectivity index (χ3n) is 3.79. The van der Waals surface area contributed by atoms with Gasteiger partial charge in [-0.1, -0.05) is 24.3 Å². The predicted octanol–water partition coefficient (Wildman–Crippen LogP) is 4.42. The fourth-order valence-corrected chi connectivity index (χ4v) is 2.74. The molecule has 0 fully saturated rings.